The average Bonchev–Trinajstić information content (AvgIpc) is 2.42. The molecule has 0 aliphatic carbocycles. The molecule has 0 N–H and O–H groups in total. The minimum atomic E-state index is -0.0869. The summed E-state index contributed by atoms with van der Waals surface area (Å²) < 4.78 is 6.46. The molecule has 1 aromatic carbocycles. The molecule has 0 amide bonds. The zero-order valence-corrected chi connectivity index (χ0v) is 8.67. The molecular weight excluding hydrogens is 234 g/mol. The van der Waals surface area contributed by atoms with Crippen molar-refractivity contribution in [1.29, 1.82) is 0 Å². The molecule has 0 atom stereocenters. The highest BCUT2D eigenvalue weighted by atomic mass is 79.9. The highest BCUT2D eigenvalue weighted by Crippen LogP contribution is 2.14. The van der Waals surface area contributed by atoms with Crippen molar-refractivity contribution in [2.45, 2.75) is 5.33 Å². The van der Waals surface area contributed by atoms with Crippen LogP contribution in [0.5, 0.6) is 0 Å². The van der Waals surface area contributed by atoms with Crippen LogP contribution in [-0.2, 0) is 12.4 Å². The van der Waals surface area contributed by atoms with Gasteiger partial charge in [0.15, 0.2) is 5.58 Å². The predicted octanol–water partition coefficient (Wildman–Crippen LogP) is 2.03. The summed E-state index contributed by atoms with van der Waals surface area (Å²) in [6.45, 7) is 0. The Labute approximate surface area is 83.0 Å². The Morgan fingerprint density at radius 3 is 3.00 bits per heavy atom. The standard InChI is InChI=1S/C9H8BrNO2/c1-11-9(12)7-3-2-6(5-10)4-8(7)13-11/h2-4H,5H2,1H3. The SMILES string of the molecule is Cn1oc2cc(CBr)ccc2c1=O. The number of nitrogens with zero attached hydrogens (tertiary/aromatic N) is 1. The van der Waals surface area contributed by atoms with Crippen molar-refractivity contribution >= 4 is 26.9 Å². The van der Waals surface area contributed by atoms with Crippen LogP contribution in [0.25, 0.3) is 11.0 Å². The van der Waals surface area contributed by atoms with E-state index < -0.39 is 0 Å². The fraction of sp³-hybridized carbons (Fsp3) is 0.222. The van der Waals surface area contributed by atoms with Gasteiger partial charge >= 0.3 is 0 Å². The van der Waals surface area contributed by atoms with Gasteiger partial charge in [0, 0.05) is 12.4 Å². The molecule has 0 fully saturated rings. The van der Waals surface area contributed by atoms with Gasteiger partial charge in [0.1, 0.15) is 0 Å². The molecular formula is C9H8BrNO2. The largest absolute Gasteiger partial charge is 0.376 e. The first kappa shape index (κ1) is 8.56. The number of alkyl halides is 1. The van der Waals surface area contributed by atoms with Crippen LogP contribution in [0.3, 0.4) is 0 Å². The first-order chi connectivity index (χ1) is 6.22. The Morgan fingerprint density at radius 1 is 1.54 bits per heavy atom. The Balaban J connectivity index is 2.80. The van der Waals surface area contributed by atoms with E-state index in [1.165, 1.54) is 4.74 Å². The van der Waals surface area contributed by atoms with E-state index in [0.717, 1.165) is 10.9 Å². The minimum absolute atomic E-state index is 0.0869. The smallest absolute Gasteiger partial charge is 0.290 e. The number of hydrogen-bond acceptors (Lipinski definition) is 2. The monoisotopic (exact) mass is 241 g/mol. The number of fused-ring (bicyclic) bond motifs is 1. The summed E-state index contributed by atoms with van der Waals surface area (Å²) in [5.74, 6) is 0. The number of hydrogen-bond donors (Lipinski definition) is 0. The lowest BCUT2D eigenvalue weighted by molar-refractivity contribution is 0.324. The van der Waals surface area contributed by atoms with Gasteiger partial charge in [-0.3, -0.25) is 4.79 Å². The van der Waals surface area contributed by atoms with Crippen LogP contribution in [0.4, 0.5) is 0 Å². The van der Waals surface area contributed by atoms with E-state index in [9.17, 15) is 4.79 Å². The highest BCUT2D eigenvalue weighted by Gasteiger charge is 2.05. The molecule has 1 heterocycles. The number of benzene rings is 1. The summed E-state index contributed by atoms with van der Waals surface area (Å²) in [5, 5.41) is 1.40. The van der Waals surface area contributed by atoms with E-state index in [2.05, 4.69) is 15.9 Å². The quantitative estimate of drug-likeness (QED) is 0.717. The molecule has 2 rings (SSSR count). The molecule has 0 radical (unpaired) electrons. The van der Waals surface area contributed by atoms with E-state index in [1.807, 2.05) is 12.1 Å². The molecule has 0 unspecified atom stereocenters. The van der Waals surface area contributed by atoms with Gasteiger partial charge in [-0.1, -0.05) is 22.0 Å². The van der Waals surface area contributed by atoms with E-state index in [-0.39, 0.29) is 5.56 Å². The first-order valence-corrected chi connectivity index (χ1v) is 4.99. The maximum atomic E-state index is 11.4. The van der Waals surface area contributed by atoms with Crippen LogP contribution >= 0.6 is 15.9 Å². The third kappa shape index (κ3) is 1.31. The lowest BCUT2D eigenvalue weighted by atomic mass is 10.2. The van der Waals surface area contributed by atoms with E-state index in [1.54, 1.807) is 13.1 Å². The Bertz CT molecular complexity index is 498. The summed E-state index contributed by atoms with van der Waals surface area (Å²) in [6, 6.07) is 5.57. The third-order valence-electron chi connectivity index (χ3n) is 1.95. The Hall–Kier alpha value is -1.03. The molecule has 3 nitrogen and oxygen atoms in total. The maximum absolute atomic E-state index is 11.4. The highest BCUT2D eigenvalue weighted by molar-refractivity contribution is 9.08. The second-order valence-corrected chi connectivity index (χ2v) is 3.42. The summed E-state index contributed by atoms with van der Waals surface area (Å²) in [7, 11) is 1.61. The van der Waals surface area contributed by atoms with Gasteiger partial charge in [0.2, 0.25) is 0 Å². The number of aryl methyl sites for hydroxylation is 1. The molecule has 13 heavy (non-hydrogen) atoms. The topological polar surface area (TPSA) is 35.1 Å². The zero-order valence-electron chi connectivity index (χ0n) is 7.08. The van der Waals surface area contributed by atoms with Crippen molar-refractivity contribution in [3.63, 3.8) is 0 Å². The van der Waals surface area contributed by atoms with Gasteiger partial charge in [-0.15, -0.1) is 0 Å². The number of rotatable bonds is 1. The second kappa shape index (κ2) is 3.03. The summed E-state index contributed by atoms with van der Waals surface area (Å²) in [4.78, 5) is 11.4. The van der Waals surface area contributed by atoms with Crippen molar-refractivity contribution in [2.24, 2.45) is 7.05 Å². The molecule has 4 heteroatoms. The first-order valence-electron chi connectivity index (χ1n) is 3.87. The van der Waals surface area contributed by atoms with Crippen molar-refractivity contribution in [3.8, 4) is 0 Å². The van der Waals surface area contributed by atoms with E-state index >= 15 is 0 Å². The van der Waals surface area contributed by atoms with Gasteiger partial charge in [0.25, 0.3) is 5.56 Å². The number of aromatic nitrogens is 1. The van der Waals surface area contributed by atoms with Crippen LogP contribution < -0.4 is 5.56 Å². The average molecular weight is 242 g/mol. The van der Waals surface area contributed by atoms with Gasteiger partial charge < -0.3 is 4.52 Å². The molecule has 2 aromatic rings. The summed E-state index contributed by atoms with van der Waals surface area (Å²) in [6.07, 6.45) is 0. The normalized spacial score (nSPS) is 10.9. The Kier molecular flexibility index (Phi) is 2.00. The number of halogens is 1. The van der Waals surface area contributed by atoms with Gasteiger partial charge in [-0.05, 0) is 17.7 Å². The maximum Gasteiger partial charge on any atom is 0.290 e. The van der Waals surface area contributed by atoms with E-state index in [0.29, 0.717) is 11.0 Å². The van der Waals surface area contributed by atoms with Crippen molar-refractivity contribution in [2.75, 3.05) is 0 Å². The van der Waals surface area contributed by atoms with Crippen LogP contribution in [-0.4, -0.2) is 4.74 Å². The summed E-state index contributed by atoms with van der Waals surface area (Å²) >= 11 is 3.34. The molecule has 0 saturated heterocycles. The van der Waals surface area contributed by atoms with E-state index in [4.69, 9.17) is 4.52 Å². The zero-order chi connectivity index (χ0) is 9.42. The predicted molar refractivity (Wildman–Crippen MR) is 54.1 cm³/mol. The molecule has 68 valence electrons. The van der Waals surface area contributed by atoms with Gasteiger partial charge in [-0.2, -0.15) is 4.74 Å². The van der Waals surface area contributed by atoms with Crippen LogP contribution in [0.2, 0.25) is 0 Å². The van der Waals surface area contributed by atoms with Crippen molar-refractivity contribution < 1.29 is 4.52 Å². The lowest BCUT2D eigenvalue weighted by Crippen LogP contribution is -2.08. The molecule has 0 bridgehead atoms. The van der Waals surface area contributed by atoms with Crippen LogP contribution in [0.1, 0.15) is 5.56 Å². The molecule has 0 aliphatic heterocycles. The Morgan fingerprint density at radius 2 is 2.31 bits per heavy atom. The third-order valence-corrected chi connectivity index (χ3v) is 2.60. The molecule has 1 aromatic heterocycles. The fourth-order valence-corrected chi connectivity index (χ4v) is 1.61. The van der Waals surface area contributed by atoms with Crippen molar-refractivity contribution in [1.82, 2.24) is 4.74 Å². The minimum Gasteiger partial charge on any atom is -0.376 e. The van der Waals surface area contributed by atoms with Gasteiger partial charge in [0.05, 0.1) is 5.39 Å². The second-order valence-electron chi connectivity index (χ2n) is 2.86. The molecule has 0 aliphatic rings. The molecule has 0 spiro atoms. The fourth-order valence-electron chi connectivity index (χ4n) is 1.26. The lowest BCUT2D eigenvalue weighted by Gasteiger charge is -1.91. The van der Waals surface area contributed by atoms with Gasteiger partial charge in [-0.25, -0.2) is 0 Å². The van der Waals surface area contributed by atoms with Crippen molar-refractivity contribution in [3.05, 3.63) is 34.1 Å². The van der Waals surface area contributed by atoms with Crippen LogP contribution in [0.15, 0.2) is 27.5 Å². The molecule has 0 saturated carbocycles. The summed E-state index contributed by atoms with van der Waals surface area (Å²) in [5.41, 5.74) is 1.66. The van der Waals surface area contributed by atoms with Crippen LogP contribution in [0, 0.1) is 0 Å².